The number of sulfonamides is 1. The predicted octanol–water partition coefficient (Wildman–Crippen LogP) is 4.25. The Morgan fingerprint density at radius 2 is 1.70 bits per heavy atom. The number of carbonyl (C=O) groups excluding carboxylic acids is 1. The van der Waals surface area contributed by atoms with Crippen molar-refractivity contribution < 1.29 is 17.9 Å². The molecule has 2 aromatic carbocycles. The van der Waals surface area contributed by atoms with Crippen LogP contribution in [0.5, 0.6) is 0 Å². The smallest absolute Gasteiger partial charge is 0.261 e. The van der Waals surface area contributed by atoms with Gasteiger partial charge in [0.15, 0.2) is 0 Å². The third-order valence-corrected chi connectivity index (χ3v) is 6.86. The highest BCUT2D eigenvalue weighted by atomic mass is 32.2. The summed E-state index contributed by atoms with van der Waals surface area (Å²) >= 11 is 0. The maximum absolute atomic E-state index is 13.1. The molecular formula is C23H30N2O4S. The summed E-state index contributed by atoms with van der Waals surface area (Å²) in [4.78, 5) is 15.0. The summed E-state index contributed by atoms with van der Waals surface area (Å²) in [6.45, 7) is 9.00. The van der Waals surface area contributed by atoms with Crippen molar-refractivity contribution in [3.8, 4) is 0 Å². The maximum Gasteiger partial charge on any atom is 0.261 e. The molecule has 3 rings (SSSR count). The normalized spacial score (nSPS) is 20.6. The number of nitrogens with zero attached hydrogens (tertiary/aromatic N) is 1. The van der Waals surface area contributed by atoms with E-state index in [1.165, 1.54) is 0 Å². The number of carbonyl (C=O) groups is 1. The summed E-state index contributed by atoms with van der Waals surface area (Å²) in [6.07, 6.45) is 0.856. The number of rotatable bonds is 6. The van der Waals surface area contributed by atoms with Gasteiger partial charge in [0.2, 0.25) is 0 Å². The molecule has 1 heterocycles. The van der Waals surface area contributed by atoms with Crippen molar-refractivity contribution in [3.05, 3.63) is 59.7 Å². The fourth-order valence-electron chi connectivity index (χ4n) is 3.69. The fraction of sp³-hybridized carbons (Fsp3) is 0.435. The highest BCUT2D eigenvalue weighted by molar-refractivity contribution is 7.92. The standard InChI is InChI=1S/C23H30N2O4S/c1-5-16(2)19-10-12-20(13-11-19)30(27,28)24-22-9-7-6-8-21(22)23(26)25-14-17(3)29-18(4)15-25/h6-13,16-18,24H,5,14-15H2,1-4H3/t16?,17-,18+. The molecule has 1 amide bonds. The third kappa shape index (κ3) is 5.02. The van der Waals surface area contributed by atoms with E-state index in [1.807, 2.05) is 26.0 Å². The lowest BCUT2D eigenvalue weighted by Crippen LogP contribution is -2.48. The van der Waals surface area contributed by atoms with Gasteiger partial charge in [0.05, 0.1) is 28.4 Å². The highest BCUT2D eigenvalue weighted by Crippen LogP contribution is 2.25. The van der Waals surface area contributed by atoms with Crippen molar-refractivity contribution in [2.24, 2.45) is 0 Å². The number of nitrogens with one attached hydrogen (secondary N) is 1. The van der Waals surface area contributed by atoms with Crippen LogP contribution >= 0.6 is 0 Å². The molecule has 1 aliphatic heterocycles. The first kappa shape index (κ1) is 22.3. The van der Waals surface area contributed by atoms with Gasteiger partial charge in [-0.25, -0.2) is 8.42 Å². The molecule has 0 aliphatic carbocycles. The van der Waals surface area contributed by atoms with Gasteiger partial charge in [-0.2, -0.15) is 0 Å². The van der Waals surface area contributed by atoms with Gasteiger partial charge < -0.3 is 9.64 Å². The Kier molecular flexibility index (Phi) is 6.83. The molecule has 0 saturated carbocycles. The molecule has 0 radical (unpaired) electrons. The molecule has 1 saturated heterocycles. The average Bonchev–Trinajstić information content (AvgIpc) is 2.72. The lowest BCUT2D eigenvalue weighted by molar-refractivity contribution is -0.0585. The Balaban J connectivity index is 1.84. The Hall–Kier alpha value is -2.38. The number of hydrogen-bond donors (Lipinski definition) is 1. The van der Waals surface area contributed by atoms with Gasteiger partial charge in [-0.1, -0.05) is 38.1 Å². The first-order valence-corrected chi connectivity index (χ1v) is 11.9. The van der Waals surface area contributed by atoms with E-state index in [2.05, 4.69) is 18.6 Å². The largest absolute Gasteiger partial charge is 0.372 e. The SMILES string of the molecule is CCC(C)c1ccc(S(=O)(=O)Nc2ccccc2C(=O)N2C[C@@H](C)O[C@@H](C)C2)cc1. The van der Waals surface area contributed by atoms with Crippen LogP contribution in [-0.4, -0.2) is 44.5 Å². The second kappa shape index (κ2) is 9.18. The van der Waals surface area contributed by atoms with E-state index < -0.39 is 10.0 Å². The van der Waals surface area contributed by atoms with E-state index in [-0.39, 0.29) is 28.7 Å². The Labute approximate surface area is 179 Å². The number of anilines is 1. The van der Waals surface area contributed by atoms with Gasteiger partial charge in [-0.05, 0) is 56.0 Å². The van der Waals surface area contributed by atoms with Gasteiger partial charge in [0.25, 0.3) is 15.9 Å². The molecule has 0 aromatic heterocycles. The Bertz CT molecular complexity index is 979. The molecule has 6 nitrogen and oxygen atoms in total. The summed E-state index contributed by atoms with van der Waals surface area (Å²) in [5.41, 5.74) is 1.71. The van der Waals surface area contributed by atoms with Crippen molar-refractivity contribution in [2.45, 2.75) is 57.1 Å². The van der Waals surface area contributed by atoms with Crippen LogP contribution in [0.25, 0.3) is 0 Å². The van der Waals surface area contributed by atoms with Crippen molar-refractivity contribution in [3.63, 3.8) is 0 Å². The number of hydrogen-bond acceptors (Lipinski definition) is 4. The van der Waals surface area contributed by atoms with Crippen LogP contribution in [-0.2, 0) is 14.8 Å². The zero-order valence-corrected chi connectivity index (χ0v) is 18.8. The van der Waals surface area contributed by atoms with Crippen molar-refractivity contribution in [1.82, 2.24) is 4.90 Å². The Morgan fingerprint density at radius 3 is 2.30 bits per heavy atom. The van der Waals surface area contributed by atoms with E-state index in [4.69, 9.17) is 4.74 Å². The van der Waals surface area contributed by atoms with Crippen molar-refractivity contribution in [1.29, 1.82) is 0 Å². The molecule has 1 aliphatic rings. The monoisotopic (exact) mass is 430 g/mol. The lowest BCUT2D eigenvalue weighted by atomic mass is 9.99. The molecule has 2 aromatic rings. The van der Waals surface area contributed by atoms with Crippen LogP contribution in [0.15, 0.2) is 53.4 Å². The molecule has 1 fully saturated rings. The van der Waals surface area contributed by atoms with E-state index in [0.717, 1.165) is 12.0 Å². The first-order chi connectivity index (χ1) is 14.2. The quantitative estimate of drug-likeness (QED) is 0.743. The molecule has 1 unspecified atom stereocenters. The average molecular weight is 431 g/mol. The number of morpholine rings is 1. The first-order valence-electron chi connectivity index (χ1n) is 10.4. The summed E-state index contributed by atoms with van der Waals surface area (Å²) in [6, 6.07) is 13.6. The zero-order chi connectivity index (χ0) is 21.9. The van der Waals surface area contributed by atoms with Crippen molar-refractivity contribution in [2.75, 3.05) is 17.8 Å². The number of para-hydroxylation sites is 1. The number of benzene rings is 2. The summed E-state index contributed by atoms with van der Waals surface area (Å²) in [5.74, 6) is 0.161. The van der Waals surface area contributed by atoms with E-state index >= 15 is 0 Å². The molecule has 30 heavy (non-hydrogen) atoms. The summed E-state index contributed by atoms with van der Waals surface area (Å²) in [5, 5.41) is 0. The molecule has 162 valence electrons. The molecule has 0 spiro atoms. The van der Waals surface area contributed by atoms with Crippen LogP contribution < -0.4 is 4.72 Å². The van der Waals surface area contributed by atoms with Crippen LogP contribution in [0.2, 0.25) is 0 Å². The Morgan fingerprint density at radius 1 is 1.10 bits per heavy atom. The molecule has 1 N–H and O–H groups in total. The van der Waals surface area contributed by atoms with Gasteiger partial charge >= 0.3 is 0 Å². The molecular weight excluding hydrogens is 400 g/mol. The van der Waals surface area contributed by atoms with Gasteiger partial charge in [0, 0.05) is 13.1 Å². The third-order valence-electron chi connectivity index (χ3n) is 5.48. The summed E-state index contributed by atoms with van der Waals surface area (Å²) in [7, 11) is -3.82. The molecule has 0 bridgehead atoms. The zero-order valence-electron chi connectivity index (χ0n) is 18.0. The second-order valence-electron chi connectivity index (χ2n) is 8.00. The van der Waals surface area contributed by atoms with Crippen molar-refractivity contribution >= 4 is 21.6 Å². The minimum atomic E-state index is -3.82. The topological polar surface area (TPSA) is 75.7 Å². The van der Waals surface area contributed by atoms with E-state index in [9.17, 15) is 13.2 Å². The lowest BCUT2D eigenvalue weighted by Gasteiger charge is -2.35. The fourth-order valence-corrected chi connectivity index (χ4v) is 4.77. The van der Waals surface area contributed by atoms with Crippen LogP contribution in [0.4, 0.5) is 5.69 Å². The van der Waals surface area contributed by atoms with E-state index in [0.29, 0.717) is 24.6 Å². The minimum absolute atomic E-state index is 0.0643. The van der Waals surface area contributed by atoms with Crippen LogP contribution in [0.1, 0.15) is 56.0 Å². The van der Waals surface area contributed by atoms with Crippen LogP contribution in [0.3, 0.4) is 0 Å². The second-order valence-corrected chi connectivity index (χ2v) is 9.68. The number of ether oxygens (including phenoxy) is 1. The van der Waals surface area contributed by atoms with Gasteiger partial charge in [-0.3, -0.25) is 9.52 Å². The molecule has 3 atom stereocenters. The minimum Gasteiger partial charge on any atom is -0.372 e. The number of amides is 1. The predicted molar refractivity (Wildman–Crippen MR) is 118 cm³/mol. The van der Waals surface area contributed by atoms with Crippen LogP contribution in [0, 0.1) is 0 Å². The summed E-state index contributed by atoms with van der Waals surface area (Å²) < 4.78 is 34.2. The van der Waals surface area contributed by atoms with Gasteiger partial charge in [-0.15, -0.1) is 0 Å². The maximum atomic E-state index is 13.1. The van der Waals surface area contributed by atoms with Gasteiger partial charge in [0.1, 0.15) is 0 Å². The van der Waals surface area contributed by atoms with E-state index in [1.54, 1.807) is 41.3 Å². The molecule has 7 heteroatoms. The highest BCUT2D eigenvalue weighted by Gasteiger charge is 2.28.